The number of amides is 1. The molecule has 2 aliphatic heterocycles. The standard InChI is InChI=1S/C21H32N4O.ClH/c1-17(2)6-7-21(26)24-11-8-18(9-12-24)14-19-4-3-5-20(15-19)23-25-13-10-22-16-25;/h3-5,15-18,23H,6-14H2,1-2H3;1H. The van der Waals surface area contributed by atoms with Crippen LogP contribution < -0.4 is 5.43 Å². The lowest BCUT2D eigenvalue weighted by molar-refractivity contribution is -0.132. The van der Waals surface area contributed by atoms with Gasteiger partial charge in [-0.15, -0.1) is 12.4 Å². The quantitative estimate of drug-likeness (QED) is 0.763. The molecule has 1 saturated heterocycles. The van der Waals surface area contributed by atoms with Crippen molar-refractivity contribution >= 4 is 30.3 Å². The van der Waals surface area contributed by atoms with Crippen molar-refractivity contribution < 1.29 is 4.79 Å². The number of carbonyl (C=O) groups is 1. The molecule has 6 heteroatoms. The molecule has 3 rings (SSSR count). The lowest BCUT2D eigenvalue weighted by Crippen LogP contribution is -2.38. The van der Waals surface area contributed by atoms with Crippen LogP contribution >= 0.6 is 12.4 Å². The van der Waals surface area contributed by atoms with E-state index in [1.54, 1.807) is 0 Å². The normalized spacial score (nSPS) is 17.3. The summed E-state index contributed by atoms with van der Waals surface area (Å²) < 4.78 is 0. The molecule has 2 heterocycles. The Morgan fingerprint density at radius 1 is 1.26 bits per heavy atom. The van der Waals surface area contributed by atoms with Gasteiger partial charge in [0.25, 0.3) is 0 Å². The van der Waals surface area contributed by atoms with Crippen LogP contribution in [-0.4, -0.2) is 48.3 Å². The van der Waals surface area contributed by atoms with Crippen LogP contribution in [0, 0.1) is 11.8 Å². The summed E-state index contributed by atoms with van der Waals surface area (Å²) in [6, 6.07) is 8.68. The third-order valence-corrected chi connectivity index (χ3v) is 5.32. The van der Waals surface area contributed by atoms with Gasteiger partial charge in [0.1, 0.15) is 6.34 Å². The van der Waals surface area contributed by atoms with Gasteiger partial charge in [0.05, 0.1) is 18.8 Å². The minimum absolute atomic E-state index is 0. The molecule has 1 N–H and O–H groups in total. The fraction of sp³-hybridized carbons (Fsp3) is 0.619. The average Bonchev–Trinajstić information content (AvgIpc) is 3.13. The van der Waals surface area contributed by atoms with Crippen LogP contribution in [0.4, 0.5) is 5.69 Å². The largest absolute Gasteiger partial charge is 0.343 e. The molecule has 1 fully saturated rings. The molecule has 0 unspecified atom stereocenters. The molecular weight excluding hydrogens is 360 g/mol. The van der Waals surface area contributed by atoms with E-state index in [9.17, 15) is 4.79 Å². The van der Waals surface area contributed by atoms with Crippen molar-refractivity contribution in [2.45, 2.75) is 46.0 Å². The van der Waals surface area contributed by atoms with Crippen LogP contribution in [0.2, 0.25) is 0 Å². The Hall–Kier alpha value is -1.75. The van der Waals surface area contributed by atoms with Crippen molar-refractivity contribution in [3.8, 4) is 0 Å². The lowest BCUT2D eigenvalue weighted by Gasteiger charge is -2.32. The van der Waals surface area contributed by atoms with Gasteiger partial charge in [0.2, 0.25) is 5.91 Å². The Labute approximate surface area is 169 Å². The SMILES string of the molecule is CC(C)CCC(=O)N1CCC(Cc2cccc(NN3C=NCC3)c2)CC1.Cl. The second kappa shape index (κ2) is 10.5. The molecule has 0 radical (unpaired) electrons. The second-order valence-electron chi connectivity index (χ2n) is 7.99. The molecule has 150 valence electrons. The van der Waals surface area contributed by atoms with Crippen molar-refractivity contribution in [3.05, 3.63) is 29.8 Å². The zero-order valence-corrected chi connectivity index (χ0v) is 17.4. The molecule has 27 heavy (non-hydrogen) atoms. The number of rotatable bonds is 7. The third-order valence-electron chi connectivity index (χ3n) is 5.32. The summed E-state index contributed by atoms with van der Waals surface area (Å²) >= 11 is 0. The van der Waals surface area contributed by atoms with Gasteiger partial charge in [-0.1, -0.05) is 26.0 Å². The molecule has 2 aliphatic rings. The van der Waals surface area contributed by atoms with E-state index < -0.39 is 0 Å². The number of aliphatic imine (C=N–C) groups is 1. The Morgan fingerprint density at radius 2 is 2.04 bits per heavy atom. The zero-order valence-electron chi connectivity index (χ0n) is 16.6. The monoisotopic (exact) mass is 392 g/mol. The highest BCUT2D eigenvalue weighted by Crippen LogP contribution is 2.24. The number of hydrogen-bond acceptors (Lipinski definition) is 4. The van der Waals surface area contributed by atoms with Crippen molar-refractivity contribution in [1.82, 2.24) is 9.91 Å². The van der Waals surface area contributed by atoms with Crippen molar-refractivity contribution in [3.63, 3.8) is 0 Å². The Kier molecular flexibility index (Phi) is 8.42. The van der Waals surface area contributed by atoms with Gasteiger partial charge < -0.3 is 4.90 Å². The number of hydrazine groups is 1. The molecule has 5 nitrogen and oxygen atoms in total. The molecule has 1 aromatic carbocycles. The molecule has 0 spiro atoms. The number of piperidine rings is 1. The van der Waals surface area contributed by atoms with E-state index in [0.717, 1.165) is 57.5 Å². The minimum atomic E-state index is 0. The van der Waals surface area contributed by atoms with Crippen LogP contribution in [0.15, 0.2) is 29.3 Å². The number of anilines is 1. The first-order chi connectivity index (χ1) is 12.6. The lowest BCUT2D eigenvalue weighted by atomic mass is 9.90. The van der Waals surface area contributed by atoms with Crippen molar-refractivity contribution in [2.75, 3.05) is 31.6 Å². The first kappa shape index (κ1) is 21.5. The van der Waals surface area contributed by atoms with E-state index in [1.807, 2.05) is 11.3 Å². The van der Waals surface area contributed by atoms with Crippen molar-refractivity contribution in [2.24, 2.45) is 16.8 Å². The number of nitrogens with one attached hydrogen (secondary N) is 1. The van der Waals surface area contributed by atoms with E-state index in [1.165, 1.54) is 5.56 Å². The number of hydrogen-bond donors (Lipinski definition) is 1. The van der Waals surface area contributed by atoms with Crippen LogP contribution in [0.25, 0.3) is 0 Å². The zero-order chi connectivity index (χ0) is 18.4. The van der Waals surface area contributed by atoms with E-state index in [4.69, 9.17) is 0 Å². The number of benzene rings is 1. The predicted octanol–water partition coefficient (Wildman–Crippen LogP) is 4.00. The maximum atomic E-state index is 12.3. The highest BCUT2D eigenvalue weighted by Gasteiger charge is 2.23. The summed E-state index contributed by atoms with van der Waals surface area (Å²) in [4.78, 5) is 18.6. The smallest absolute Gasteiger partial charge is 0.222 e. The number of halogens is 1. The topological polar surface area (TPSA) is 47.9 Å². The van der Waals surface area contributed by atoms with Crippen LogP contribution in [0.3, 0.4) is 0 Å². The molecule has 0 aliphatic carbocycles. The summed E-state index contributed by atoms with van der Waals surface area (Å²) in [6.45, 7) is 7.99. The molecular formula is C21H33ClN4O. The first-order valence-electron chi connectivity index (χ1n) is 10.00. The summed E-state index contributed by atoms with van der Waals surface area (Å²) in [7, 11) is 0. The van der Waals surface area contributed by atoms with E-state index >= 15 is 0 Å². The van der Waals surface area contributed by atoms with Gasteiger partial charge in [-0.3, -0.25) is 20.2 Å². The Balaban J connectivity index is 0.00000261. The van der Waals surface area contributed by atoms with Crippen molar-refractivity contribution in [1.29, 1.82) is 0 Å². The second-order valence-corrected chi connectivity index (χ2v) is 7.99. The minimum Gasteiger partial charge on any atom is -0.343 e. The van der Waals surface area contributed by atoms with Crippen LogP contribution in [-0.2, 0) is 11.2 Å². The third kappa shape index (κ3) is 6.73. The summed E-state index contributed by atoms with van der Waals surface area (Å²) in [5, 5.41) is 2.03. The molecule has 0 saturated carbocycles. The fourth-order valence-electron chi connectivity index (χ4n) is 3.69. The van der Waals surface area contributed by atoms with Gasteiger partial charge in [-0.05, 0) is 55.2 Å². The summed E-state index contributed by atoms with van der Waals surface area (Å²) in [5.41, 5.74) is 5.89. The van der Waals surface area contributed by atoms with Crippen LogP contribution in [0.1, 0.15) is 45.1 Å². The molecule has 0 atom stereocenters. The average molecular weight is 393 g/mol. The predicted molar refractivity (Wildman–Crippen MR) is 114 cm³/mol. The number of carbonyl (C=O) groups excluding carboxylic acids is 1. The van der Waals surface area contributed by atoms with Gasteiger partial charge in [-0.25, -0.2) is 0 Å². The van der Waals surface area contributed by atoms with E-state index in [-0.39, 0.29) is 12.4 Å². The first-order valence-corrected chi connectivity index (χ1v) is 10.00. The molecule has 1 amide bonds. The van der Waals surface area contributed by atoms with E-state index in [0.29, 0.717) is 24.2 Å². The molecule has 0 aromatic heterocycles. The maximum Gasteiger partial charge on any atom is 0.222 e. The number of likely N-dealkylation sites (tertiary alicyclic amines) is 1. The van der Waals surface area contributed by atoms with Gasteiger partial charge >= 0.3 is 0 Å². The van der Waals surface area contributed by atoms with Gasteiger partial charge in [0, 0.05) is 19.5 Å². The molecule has 0 bridgehead atoms. The van der Waals surface area contributed by atoms with Crippen LogP contribution in [0.5, 0.6) is 0 Å². The highest BCUT2D eigenvalue weighted by atomic mass is 35.5. The highest BCUT2D eigenvalue weighted by molar-refractivity contribution is 5.85. The Morgan fingerprint density at radius 3 is 2.70 bits per heavy atom. The van der Waals surface area contributed by atoms with Gasteiger partial charge in [-0.2, -0.15) is 0 Å². The molecule has 1 aromatic rings. The summed E-state index contributed by atoms with van der Waals surface area (Å²) in [5.74, 6) is 1.62. The fourth-order valence-corrected chi connectivity index (χ4v) is 3.69. The Bertz CT molecular complexity index is 626. The number of nitrogens with zero attached hydrogens (tertiary/aromatic N) is 3. The summed E-state index contributed by atoms with van der Waals surface area (Å²) in [6.07, 6.45) is 6.89. The van der Waals surface area contributed by atoms with Gasteiger partial charge in [0.15, 0.2) is 0 Å². The maximum absolute atomic E-state index is 12.3. The van der Waals surface area contributed by atoms with E-state index in [2.05, 4.69) is 53.4 Å².